The minimum Gasteiger partial charge on any atom is -0.494 e. The maximum absolute atomic E-state index is 11.9. The number of carboxylic acids is 1. The van der Waals surface area contributed by atoms with Crippen molar-refractivity contribution in [3.8, 4) is 11.5 Å². The van der Waals surface area contributed by atoms with E-state index >= 15 is 0 Å². The molecule has 0 unspecified atom stereocenters. The predicted molar refractivity (Wildman–Crippen MR) is 162 cm³/mol. The zero-order chi connectivity index (χ0) is 29.5. The van der Waals surface area contributed by atoms with E-state index in [2.05, 4.69) is 16.4 Å². The summed E-state index contributed by atoms with van der Waals surface area (Å²) in [5.74, 6) is 0.851. The number of fused-ring (bicyclic) bond motifs is 2. The molecule has 42 heavy (non-hydrogen) atoms. The molecular formula is C31H30Cl3N3O5. The molecule has 0 amide bonds. The van der Waals surface area contributed by atoms with Gasteiger partial charge in [0.2, 0.25) is 0 Å². The normalized spacial score (nSPS) is 18.5. The monoisotopic (exact) mass is 629 g/mol. The standard InChI is InChI=1S/C31H30Cl3N3O5/c1-17-23-13-27(42-16-19-3-4-21(32)12-24(19)33)25(34)9-18(23)5-7-36(17)15-29-35-30-26(37(29)14-22-6-8-41-22)10-20(31(38)39)11-28(30)40-2/h3-4,9-13,17,22H,5-8,14-16H2,1-2H3,(H,38,39)/t17-,22-/m0/s1. The molecule has 1 saturated heterocycles. The minimum atomic E-state index is -1.01. The lowest BCUT2D eigenvalue weighted by atomic mass is 9.93. The van der Waals surface area contributed by atoms with Crippen molar-refractivity contribution in [2.45, 2.75) is 51.6 Å². The molecule has 1 aromatic heterocycles. The van der Waals surface area contributed by atoms with Crippen LogP contribution in [0, 0.1) is 0 Å². The smallest absolute Gasteiger partial charge is 0.335 e. The Morgan fingerprint density at radius 3 is 2.62 bits per heavy atom. The second-order valence-electron chi connectivity index (χ2n) is 10.7. The highest BCUT2D eigenvalue weighted by Crippen LogP contribution is 2.38. The van der Waals surface area contributed by atoms with Crippen LogP contribution >= 0.6 is 34.8 Å². The number of hydrogen-bond donors (Lipinski definition) is 1. The maximum Gasteiger partial charge on any atom is 0.335 e. The Morgan fingerprint density at radius 2 is 1.93 bits per heavy atom. The highest BCUT2D eigenvalue weighted by Gasteiger charge is 2.29. The quantitative estimate of drug-likeness (QED) is 0.209. The zero-order valence-corrected chi connectivity index (χ0v) is 25.5. The van der Waals surface area contributed by atoms with Crippen LogP contribution < -0.4 is 9.47 Å². The topological polar surface area (TPSA) is 86.0 Å². The van der Waals surface area contributed by atoms with Crippen molar-refractivity contribution in [1.82, 2.24) is 14.5 Å². The van der Waals surface area contributed by atoms with Crippen LogP contribution in [0.3, 0.4) is 0 Å². The van der Waals surface area contributed by atoms with Gasteiger partial charge in [-0.1, -0.05) is 40.9 Å². The van der Waals surface area contributed by atoms with Crippen molar-refractivity contribution < 1.29 is 24.1 Å². The van der Waals surface area contributed by atoms with Gasteiger partial charge < -0.3 is 23.9 Å². The third-order valence-corrected chi connectivity index (χ3v) is 9.03. The van der Waals surface area contributed by atoms with Gasteiger partial charge in [-0.2, -0.15) is 0 Å². The van der Waals surface area contributed by atoms with E-state index in [1.807, 2.05) is 18.2 Å². The number of nitrogens with zero attached hydrogens (tertiary/aromatic N) is 3. The number of benzene rings is 3. The van der Waals surface area contributed by atoms with Gasteiger partial charge in [-0.3, -0.25) is 4.90 Å². The number of aromatic nitrogens is 2. The van der Waals surface area contributed by atoms with E-state index in [0.717, 1.165) is 48.5 Å². The highest BCUT2D eigenvalue weighted by atomic mass is 35.5. The summed E-state index contributed by atoms with van der Waals surface area (Å²) in [7, 11) is 1.53. The van der Waals surface area contributed by atoms with Crippen LogP contribution in [0.4, 0.5) is 0 Å². The van der Waals surface area contributed by atoms with Crippen molar-refractivity contribution in [3.63, 3.8) is 0 Å². The summed E-state index contributed by atoms with van der Waals surface area (Å²) >= 11 is 19.0. The second-order valence-corrected chi connectivity index (χ2v) is 11.9. The number of carbonyl (C=O) groups is 1. The molecule has 0 aliphatic carbocycles. The molecule has 220 valence electrons. The van der Waals surface area contributed by atoms with E-state index in [0.29, 0.717) is 45.2 Å². The Morgan fingerprint density at radius 1 is 1.12 bits per heavy atom. The number of aromatic carboxylic acids is 1. The third kappa shape index (κ3) is 5.66. The largest absolute Gasteiger partial charge is 0.494 e. The molecule has 1 N–H and O–H groups in total. The van der Waals surface area contributed by atoms with Gasteiger partial charge in [0.25, 0.3) is 0 Å². The molecule has 6 rings (SSSR count). The lowest BCUT2D eigenvalue weighted by Crippen LogP contribution is -2.36. The molecule has 1 fully saturated rings. The lowest BCUT2D eigenvalue weighted by molar-refractivity contribution is -0.0592. The number of rotatable bonds is 9. The van der Waals surface area contributed by atoms with E-state index in [1.165, 1.54) is 18.7 Å². The third-order valence-electron chi connectivity index (χ3n) is 8.15. The van der Waals surface area contributed by atoms with Crippen LogP contribution in [0.1, 0.15) is 52.3 Å². The van der Waals surface area contributed by atoms with Gasteiger partial charge in [-0.15, -0.1) is 0 Å². The Kier molecular flexibility index (Phi) is 8.26. The summed E-state index contributed by atoms with van der Waals surface area (Å²) in [5, 5.41) is 11.4. The summed E-state index contributed by atoms with van der Waals surface area (Å²) < 4.78 is 19.5. The van der Waals surface area contributed by atoms with E-state index in [1.54, 1.807) is 18.2 Å². The Balaban J connectivity index is 1.29. The molecule has 2 atom stereocenters. The maximum atomic E-state index is 11.9. The molecule has 0 saturated carbocycles. The average molecular weight is 631 g/mol. The van der Waals surface area contributed by atoms with Gasteiger partial charge in [0.15, 0.2) is 0 Å². The van der Waals surface area contributed by atoms with Gasteiger partial charge >= 0.3 is 5.97 Å². The number of methoxy groups -OCH3 is 1. The van der Waals surface area contributed by atoms with Gasteiger partial charge in [0.1, 0.15) is 29.4 Å². The summed E-state index contributed by atoms with van der Waals surface area (Å²) in [4.78, 5) is 19.2. The van der Waals surface area contributed by atoms with E-state index in [9.17, 15) is 9.90 Å². The average Bonchev–Trinajstić information content (AvgIpc) is 3.28. The van der Waals surface area contributed by atoms with Gasteiger partial charge in [-0.05, 0) is 67.3 Å². The Hall–Kier alpha value is -3.01. The number of carboxylic acid groups (broad SMARTS) is 1. The van der Waals surface area contributed by atoms with Crippen LogP contribution in [-0.4, -0.2) is 51.9 Å². The molecule has 11 heteroatoms. The van der Waals surface area contributed by atoms with E-state index in [-0.39, 0.29) is 24.3 Å². The van der Waals surface area contributed by atoms with Crippen molar-refractivity contribution >= 4 is 51.8 Å². The van der Waals surface area contributed by atoms with Crippen LogP contribution in [0.5, 0.6) is 11.5 Å². The van der Waals surface area contributed by atoms with Crippen molar-refractivity contribution in [3.05, 3.63) is 85.6 Å². The molecule has 4 aromatic rings. The molecule has 8 nitrogen and oxygen atoms in total. The number of ether oxygens (including phenoxy) is 3. The first kappa shape index (κ1) is 29.1. The van der Waals surface area contributed by atoms with Crippen molar-refractivity contribution in [1.29, 1.82) is 0 Å². The number of hydrogen-bond acceptors (Lipinski definition) is 6. The van der Waals surface area contributed by atoms with Crippen LogP contribution in [0.2, 0.25) is 15.1 Å². The summed E-state index contributed by atoms with van der Waals surface area (Å²) in [6.45, 7) is 5.13. The Bertz CT molecular complexity index is 1670. The van der Waals surface area contributed by atoms with E-state index in [4.69, 9.17) is 54.0 Å². The first-order valence-electron chi connectivity index (χ1n) is 13.8. The zero-order valence-electron chi connectivity index (χ0n) is 23.2. The summed E-state index contributed by atoms with van der Waals surface area (Å²) in [6.07, 6.45) is 1.84. The van der Waals surface area contributed by atoms with Crippen LogP contribution in [-0.2, 0) is 30.9 Å². The minimum absolute atomic E-state index is 0.0529. The molecule has 3 heterocycles. The first-order chi connectivity index (χ1) is 20.2. The molecule has 3 aromatic carbocycles. The molecule has 0 bridgehead atoms. The molecule has 2 aliphatic heterocycles. The molecular weight excluding hydrogens is 601 g/mol. The fourth-order valence-electron chi connectivity index (χ4n) is 5.65. The molecule has 2 aliphatic rings. The number of imidazole rings is 1. The van der Waals surface area contributed by atoms with E-state index < -0.39 is 5.97 Å². The van der Waals surface area contributed by atoms with Gasteiger partial charge in [0.05, 0.1) is 42.4 Å². The summed E-state index contributed by atoms with van der Waals surface area (Å²) in [6, 6.07) is 12.6. The summed E-state index contributed by atoms with van der Waals surface area (Å²) in [5.41, 5.74) is 4.67. The van der Waals surface area contributed by atoms with Crippen LogP contribution in [0.25, 0.3) is 11.0 Å². The SMILES string of the molecule is COc1cc(C(=O)O)cc2c1nc(CN1CCc3cc(Cl)c(OCc4ccc(Cl)cc4Cl)cc3[C@@H]1C)n2C[C@@H]1CCO1. The van der Waals surface area contributed by atoms with Gasteiger partial charge in [0, 0.05) is 34.8 Å². The molecule has 0 radical (unpaired) electrons. The van der Waals surface area contributed by atoms with Gasteiger partial charge in [-0.25, -0.2) is 9.78 Å². The second kappa shape index (κ2) is 11.9. The highest BCUT2D eigenvalue weighted by molar-refractivity contribution is 6.35. The Labute approximate surface area is 258 Å². The predicted octanol–water partition coefficient (Wildman–Crippen LogP) is 7.19. The van der Waals surface area contributed by atoms with Crippen molar-refractivity contribution in [2.24, 2.45) is 0 Å². The first-order valence-corrected chi connectivity index (χ1v) is 14.9. The van der Waals surface area contributed by atoms with Crippen LogP contribution in [0.15, 0.2) is 42.5 Å². The van der Waals surface area contributed by atoms with Crippen molar-refractivity contribution in [2.75, 3.05) is 20.3 Å². The lowest BCUT2D eigenvalue weighted by Gasteiger charge is -2.36. The molecule has 0 spiro atoms. The fraction of sp³-hybridized carbons (Fsp3) is 0.355. The number of halogens is 3. The fourth-order valence-corrected chi connectivity index (χ4v) is 6.35.